The zero-order valence-corrected chi connectivity index (χ0v) is 14.4. The molecule has 26 heavy (non-hydrogen) atoms. The predicted molar refractivity (Wildman–Crippen MR) is 94.1 cm³/mol. The van der Waals surface area contributed by atoms with E-state index in [1.54, 1.807) is 12.5 Å². The second-order valence-corrected chi connectivity index (χ2v) is 5.81. The lowest BCUT2D eigenvalue weighted by atomic mass is 10.1. The number of rotatable bonds is 7. The van der Waals surface area contributed by atoms with Crippen molar-refractivity contribution in [2.24, 2.45) is 0 Å². The highest BCUT2D eigenvalue weighted by Gasteiger charge is 2.34. The molecule has 8 nitrogen and oxygen atoms in total. The number of carbonyl (C=O) groups excluding carboxylic acids is 2. The third-order valence-corrected chi connectivity index (χ3v) is 4.14. The summed E-state index contributed by atoms with van der Waals surface area (Å²) in [7, 11) is 1.28. The number of nitrogens with zero attached hydrogens (tertiary/aromatic N) is 3. The van der Waals surface area contributed by atoms with Crippen LogP contribution < -0.4 is 5.32 Å². The number of anilines is 1. The lowest BCUT2D eigenvalue weighted by Gasteiger charge is -2.16. The first-order valence-electron chi connectivity index (χ1n) is 8.16. The molecule has 2 aromatic rings. The maximum Gasteiger partial charge on any atom is 0.337 e. The Hall–Kier alpha value is -3.13. The molecule has 1 aliphatic rings. The van der Waals surface area contributed by atoms with Gasteiger partial charge >= 0.3 is 5.97 Å². The number of ether oxygens (including phenoxy) is 1. The van der Waals surface area contributed by atoms with Crippen LogP contribution in [0.15, 0.2) is 54.3 Å². The molecule has 0 radical (unpaired) electrons. The van der Waals surface area contributed by atoms with Gasteiger partial charge in [-0.05, 0) is 11.6 Å². The van der Waals surface area contributed by atoms with Crippen LogP contribution in [0.1, 0.15) is 5.56 Å². The Labute approximate surface area is 150 Å². The van der Waals surface area contributed by atoms with Crippen molar-refractivity contribution in [1.82, 2.24) is 14.5 Å². The van der Waals surface area contributed by atoms with Crippen molar-refractivity contribution in [1.29, 1.82) is 0 Å². The number of hydrogen-bond acceptors (Lipinski definition) is 6. The fourth-order valence-corrected chi connectivity index (χ4v) is 2.84. The summed E-state index contributed by atoms with van der Waals surface area (Å²) >= 11 is 0. The number of amides is 1. The fraction of sp³-hybridized carbons (Fsp3) is 0.278. The van der Waals surface area contributed by atoms with Crippen LogP contribution in [-0.2, 0) is 20.9 Å². The van der Waals surface area contributed by atoms with Crippen LogP contribution in [0.3, 0.4) is 0 Å². The third-order valence-electron chi connectivity index (χ3n) is 4.14. The Bertz CT molecular complexity index is 829. The first kappa shape index (κ1) is 17.7. The topological polar surface area (TPSA) is 96.7 Å². The second kappa shape index (κ2) is 7.83. The van der Waals surface area contributed by atoms with E-state index in [1.165, 1.54) is 12.0 Å². The SMILES string of the molecule is COC(=O)C1=C(Nc2ccccc2Cn2ccnc2)C(=O)N(CCO)C1. The van der Waals surface area contributed by atoms with Gasteiger partial charge in [0.1, 0.15) is 5.70 Å². The quantitative estimate of drug-likeness (QED) is 0.706. The Kier molecular flexibility index (Phi) is 5.33. The molecule has 1 amide bonds. The van der Waals surface area contributed by atoms with Gasteiger partial charge in [-0.2, -0.15) is 0 Å². The highest BCUT2D eigenvalue weighted by Crippen LogP contribution is 2.25. The number of esters is 1. The summed E-state index contributed by atoms with van der Waals surface area (Å²) < 4.78 is 6.71. The molecule has 0 unspecified atom stereocenters. The van der Waals surface area contributed by atoms with Crippen LogP contribution >= 0.6 is 0 Å². The van der Waals surface area contributed by atoms with Crippen molar-refractivity contribution in [3.8, 4) is 0 Å². The standard InChI is InChI=1S/C18H20N4O4/c1-26-18(25)14-11-22(8-9-23)17(24)16(14)20-15-5-3-2-4-13(15)10-21-7-6-19-12-21/h2-7,12,20,23H,8-11H2,1H3. The number of benzene rings is 1. The second-order valence-electron chi connectivity index (χ2n) is 5.81. The summed E-state index contributed by atoms with van der Waals surface area (Å²) in [5.41, 5.74) is 2.10. The van der Waals surface area contributed by atoms with Gasteiger partial charge in [-0.25, -0.2) is 9.78 Å². The molecule has 0 saturated carbocycles. The van der Waals surface area contributed by atoms with E-state index >= 15 is 0 Å². The number of aliphatic hydroxyl groups is 1. The molecule has 0 atom stereocenters. The summed E-state index contributed by atoms with van der Waals surface area (Å²) in [5.74, 6) is -0.898. The third kappa shape index (κ3) is 3.60. The number of carbonyl (C=O) groups is 2. The van der Waals surface area contributed by atoms with Crippen molar-refractivity contribution in [2.75, 3.05) is 32.1 Å². The Morgan fingerprint density at radius 2 is 2.19 bits per heavy atom. The Morgan fingerprint density at radius 3 is 2.88 bits per heavy atom. The lowest BCUT2D eigenvalue weighted by Crippen LogP contribution is -2.31. The molecule has 2 heterocycles. The summed E-state index contributed by atoms with van der Waals surface area (Å²) in [6, 6.07) is 7.53. The van der Waals surface area contributed by atoms with Crippen LogP contribution in [0.5, 0.6) is 0 Å². The molecule has 0 fully saturated rings. The van der Waals surface area contributed by atoms with Crippen molar-refractivity contribution in [3.05, 3.63) is 59.8 Å². The summed E-state index contributed by atoms with van der Waals surface area (Å²) in [6.45, 7) is 0.655. The molecule has 0 spiro atoms. The summed E-state index contributed by atoms with van der Waals surface area (Å²) in [4.78, 5) is 30.1. The molecule has 1 aliphatic heterocycles. The van der Waals surface area contributed by atoms with E-state index in [1.807, 2.05) is 35.0 Å². The average molecular weight is 356 g/mol. The fourth-order valence-electron chi connectivity index (χ4n) is 2.84. The van der Waals surface area contributed by atoms with Crippen LogP contribution in [-0.4, -0.2) is 58.2 Å². The zero-order chi connectivity index (χ0) is 18.5. The number of β-amino-alcohol motifs (C(OH)–C–C–N with tert-alkyl or cyclic N) is 1. The highest BCUT2D eigenvalue weighted by molar-refractivity contribution is 6.08. The van der Waals surface area contributed by atoms with Gasteiger partial charge in [-0.15, -0.1) is 0 Å². The molecule has 8 heteroatoms. The number of methoxy groups -OCH3 is 1. The van der Waals surface area contributed by atoms with Gasteiger partial charge in [0.25, 0.3) is 5.91 Å². The van der Waals surface area contributed by atoms with Crippen LogP contribution in [0, 0.1) is 0 Å². The van der Waals surface area contributed by atoms with Gasteiger partial charge in [0.05, 0.1) is 38.7 Å². The molecule has 0 saturated heterocycles. The van der Waals surface area contributed by atoms with E-state index in [9.17, 15) is 9.59 Å². The number of imidazole rings is 1. The molecular formula is C18H20N4O4. The van der Waals surface area contributed by atoms with Gasteiger partial charge in [-0.1, -0.05) is 18.2 Å². The van der Waals surface area contributed by atoms with E-state index in [4.69, 9.17) is 9.84 Å². The Balaban J connectivity index is 1.90. The van der Waals surface area contributed by atoms with Crippen LogP contribution in [0.4, 0.5) is 5.69 Å². The van der Waals surface area contributed by atoms with Gasteiger partial charge in [0.15, 0.2) is 0 Å². The minimum Gasteiger partial charge on any atom is -0.466 e. The summed E-state index contributed by atoms with van der Waals surface area (Å²) in [5, 5.41) is 12.2. The minimum atomic E-state index is -0.562. The van der Waals surface area contributed by atoms with Crippen molar-refractivity contribution in [3.63, 3.8) is 0 Å². The number of para-hydroxylation sites is 1. The number of aliphatic hydroxyl groups excluding tert-OH is 1. The first-order valence-corrected chi connectivity index (χ1v) is 8.16. The monoisotopic (exact) mass is 356 g/mol. The molecule has 1 aromatic carbocycles. The largest absolute Gasteiger partial charge is 0.466 e. The summed E-state index contributed by atoms with van der Waals surface area (Å²) in [6.07, 6.45) is 5.25. The van der Waals surface area contributed by atoms with Gasteiger partial charge < -0.3 is 24.6 Å². The number of aromatic nitrogens is 2. The molecule has 1 aromatic heterocycles. The molecule has 0 aliphatic carbocycles. The van der Waals surface area contributed by atoms with Gasteiger partial charge in [0, 0.05) is 24.6 Å². The lowest BCUT2D eigenvalue weighted by molar-refractivity contribution is -0.136. The number of hydrogen-bond donors (Lipinski definition) is 2. The molecule has 2 N–H and O–H groups in total. The van der Waals surface area contributed by atoms with Crippen LogP contribution in [0.2, 0.25) is 0 Å². The maximum atomic E-state index is 12.6. The number of nitrogens with one attached hydrogen (secondary N) is 1. The van der Waals surface area contributed by atoms with E-state index < -0.39 is 5.97 Å². The van der Waals surface area contributed by atoms with E-state index in [2.05, 4.69) is 10.3 Å². The smallest absolute Gasteiger partial charge is 0.337 e. The van der Waals surface area contributed by atoms with Crippen molar-refractivity contribution >= 4 is 17.6 Å². The zero-order valence-electron chi connectivity index (χ0n) is 14.4. The normalized spacial score (nSPS) is 14.1. The minimum absolute atomic E-state index is 0.109. The molecular weight excluding hydrogens is 336 g/mol. The Morgan fingerprint density at radius 1 is 1.38 bits per heavy atom. The van der Waals surface area contributed by atoms with E-state index in [0.717, 1.165) is 11.3 Å². The van der Waals surface area contributed by atoms with Crippen molar-refractivity contribution < 1.29 is 19.4 Å². The van der Waals surface area contributed by atoms with E-state index in [-0.39, 0.29) is 36.9 Å². The maximum absolute atomic E-state index is 12.6. The average Bonchev–Trinajstić information content (AvgIpc) is 3.26. The molecule has 3 rings (SSSR count). The van der Waals surface area contributed by atoms with Gasteiger partial charge in [0.2, 0.25) is 0 Å². The van der Waals surface area contributed by atoms with Crippen molar-refractivity contribution in [2.45, 2.75) is 6.54 Å². The van der Waals surface area contributed by atoms with Gasteiger partial charge in [-0.3, -0.25) is 4.79 Å². The molecule has 0 bridgehead atoms. The first-order chi connectivity index (χ1) is 12.6. The molecule has 136 valence electrons. The van der Waals surface area contributed by atoms with E-state index in [0.29, 0.717) is 6.54 Å². The van der Waals surface area contributed by atoms with Crippen LogP contribution in [0.25, 0.3) is 0 Å². The highest BCUT2D eigenvalue weighted by atomic mass is 16.5. The predicted octanol–water partition coefficient (Wildman–Crippen LogP) is 0.605.